The lowest BCUT2D eigenvalue weighted by molar-refractivity contribution is -0.385. The van der Waals surface area contributed by atoms with Gasteiger partial charge in [-0.15, -0.1) is 0 Å². The molecule has 1 aromatic rings. The Morgan fingerprint density at radius 3 is 2.71 bits per heavy atom. The fraction of sp³-hybridized carbons (Fsp3) is 0.600. The average Bonchev–Trinajstić information content (AvgIpc) is 2.47. The second-order valence-electron chi connectivity index (χ2n) is 5.65. The summed E-state index contributed by atoms with van der Waals surface area (Å²) in [5.41, 5.74) is 0.406. The highest BCUT2D eigenvalue weighted by atomic mass is 19.1. The maximum Gasteiger partial charge on any atom is 0.272 e. The summed E-state index contributed by atoms with van der Waals surface area (Å²) in [6.45, 7) is 5.68. The van der Waals surface area contributed by atoms with Crippen molar-refractivity contribution in [1.29, 1.82) is 0 Å². The Morgan fingerprint density at radius 2 is 2.05 bits per heavy atom. The molecule has 1 aliphatic rings. The van der Waals surface area contributed by atoms with Crippen molar-refractivity contribution in [2.24, 2.45) is 0 Å². The van der Waals surface area contributed by atoms with Crippen LogP contribution in [0.15, 0.2) is 18.2 Å². The Hall–Kier alpha value is -1.53. The molecule has 1 saturated heterocycles. The van der Waals surface area contributed by atoms with Gasteiger partial charge in [0.2, 0.25) is 0 Å². The molecule has 1 unspecified atom stereocenters. The van der Waals surface area contributed by atoms with Gasteiger partial charge >= 0.3 is 0 Å². The number of piperidine rings is 1. The number of likely N-dealkylation sites (tertiary alicyclic amines) is 1. The molecule has 2 rings (SSSR count). The summed E-state index contributed by atoms with van der Waals surface area (Å²) < 4.78 is 13.3. The van der Waals surface area contributed by atoms with Gasteiger partial charge < -0.3 is 5.32 Å². The first-order valence-corrected chi connectivity index (χ1v) is 7.45. The molecule has 6 heteroatoms. The summed E-state index contributed by atoms with van der Waals surface area (Å²) in [6, 6.07) is 4.13. The third-order valence-corrected chi connectivity index (χ3v) is 3.94. The first-order valence-electron chi connectivity index (χ1n) is 7.45. The first-order chi connectivity index (χ1) is 10.1. The van der Waals surface area contributed by atoms with Gasteiger partial charge in [0, 0.05) is 25.2 Å². The molecule has 5 nitrogen and oxygen atoms in total. The van der Waals surface area contributed by atoms with Crippen LogP contribution in [0.5, 0.6) is 0 Å². The molecule has 1 heterocycles. The molecular weight excluding hydrogens is 273 g/mol. The Bertz CT molecular complexity index is 490. The number of non-ortho nitro benzene ring substituents is 1. The standard InChI is InChI=1S/C15H22FN3O2/c1-12(18-5-3-2-4-6-18)10-17-11-13-7-14(16)9-15(8-13)19(20)21/h7-9,12,17H,2-6,10-11H2,1H3. The third kappa shape index (κ3) is 4.75. The highest BCUT2D eigenvalue weighted by molar-refractivity contribution is 5.35. The molecule has 1 aromatic carbocycles. The number of nitro groups is 1. The summed E-state index contributed by atoms with van der Waals surface area (Å²) in [4.78, 5) is 12.6. The highest BCUT2D eigenvalue weighted by Gasteiger charge is 2.16. The molecule has 0 amide bonds. The summed E-state index contributed by atoms with van der Waals surface area (Å²) in [5, 5.41) is 14.0. The van der Waals surface area contributed by atoms with Crippen molar-refractivity contribution in [3.05, 3.63) is 39.7 Å². The van der Waals surface area contributed by atoms with E-state index in [0.717, 1.165) is 25.7 Å². The molecule has 1 N–H and O–H groups in total. The Morgan fingerprint density at radius 1 is 1.33 bits per heavy atom. The van der Waals surface area contributed by atoms with Gasteiger partial charge in [-0.05, 0) is 44.5 Å². The monoisotopic (exact) mass is 295 g/mol. The number of benzene rings is 1. The van der Waals surface area contributed by atoms with Crippen molar-refractivity contribution in [2.45, 2.75) is 38.8 Å². The van der Waals surface area contributed by atoms with Crippen LogP contribution >= 0.6 is 0 Å². The molecule has 0 bridgehead atoms. The number of hydrogen-bond donors (Lipinski definition) is 1. The van der Waals surface area contributed by atoms with Crippen LogP contribution in [0.25, 0.3) is 0 Å². The largest absolute Gasteiger partial charge is 0.311 e. The van der Waals surface area contributed by atoms with E-state index in [0.29, 0.717) is 18.2 Å². The number of hydrogen-bond acceptors (Lipinski definition) is 4. The zero-order valence-corrected chi connectivity index (χ0v) is 12.3. The van der Waals surface area contributed by atoms with Crippen LogP contribution in [-0.2, 0) is 6.54 Å². The average molecular weight is 295 g/mol. The minimum atomic E-state index is -0.567. The topological polar surface area (TPSA) is 58.4 Å². The fourth-order valence-corrected chi connectivity index (χ4v) is 2.75. The minimum Gasteiger partial charge on any atom is -0.311 e. The van der Waals surface area contributed by atoms with Crippen molar-refractivity contribution in [2.75, 3.05) is 19.6 Å². The number of rotatable bonds is 6. The van der Waals surface area contributed by atoms with Gasteiger partial charge in [-0.1, -0.05) is 6.42 Å². The number of nitrogens with zero attached hydrogens (tertiary/aromatic N) is 2. The Kier molecular flexibility index (Phi) is 5.64. The molecule has 0 aliphatic carbocycles. The van der Waals surface area contributed by atoms with Gasteiger partial charge in [0.1, 0.15) is 5.82 Å². The maximum atomic E-state index is 13.3. The van der Waals surface area contributed by atoms with E-state index < -0.39 is 10.7 Å². The molecule has 0 radical (unpaired) electrons. The van der Waals surface area contributed by atoms with Crippen LogP contribution in [0.2, 0.25) is 0 Å². The van der Waals surface area contributed by atoms with Crippen molar-refractivity contribution in [1.82, 2.24) is 10.2 Å². The van der Waals surface area contributed by atoms with E-state index in [2.05, 4.69) is 17.1 Å². The predicted octanol–water partition coefficient (Wildman–Crippen LogP) is 2.70. The molecule has 0 spiro atoms. The van der Waals surface area contributed by atoms with E-state index in [1.165, 1.54) is 31.4 Å². The molecule has 0 saturated carbocycles. The van der Waals surface area contributed by atoms with E-state index in [-0.39, 0.29) is 5.69 Å². The van der Waals surface area contributed by atoms with E-state index in [1.54, 1.807) is 0 Å². The van der Waals surface area contributed by atoms with Crippen LogP contribution in [0.1, 0.15) is 31.7 Å². The van der Waals surface area contributed by atoms with Gasteiger partial charge in [-0.2, -0.15) is 0 Å². The molecule has 1 fully saturated rings. The van der Waals surface area contributed by atoms with E-state index in [1.807, 2.05) is 0 Å². The number of nitro benzene ring substituents is 1. The van der Waals surface area contributed by atoms with Gasteiger partial charge in [-0.3, -0.25) is 15.0 Å². The van der Waals surface area contributed by atoms with Crippen molar-refractivity contribution in [3.8, 4) is 0 Å². The molecule has 1 atom stereocenters. The van der Waals surface area contributed by atoms with Crippen molar-refractivity contribution >= 4 is 5.69 Å². The van der Waals surface area contributed by atoms with Crippen molar-refractivity contribution < 1.29 is 9.31 Å². The molecule has 21 heavy (non-hydrogen) atoms. The Balaban J connectivity index is 1.84. The highest BCUT2D eigenvalue weighted by Crippen LogP contribution is 2.16. The zero-order valence-electron chi connectivity index (χ0n) is 12.3. The van der Waals surface area contributed by atoms with Crippen LogP contribution in [0.4, 0.5) is 10.1 Å². The van der Waals surface area contributed by atoms with E-state index in [9.17, 15) is 14.5 Å². The molecular formula is C15H22FN3O2. The first kappa shape index (κ1) is 15.9. The lowest BCUT2D eigenvalue weighted by atomic mass is 10.1. The third-order valence-electron chi connectivity index (χ3n) is 3.94. The molecule has 1 aliphatic heterocycles. The van der Waals surface area contributed by atoms with Crippen molar-refractivity contribution in [3.63, 3.8) is 0 Å². The quantitative estimate of drug-likeness (QED) is 0.647. The van der Waals surface area contributed by atoms with E-state index in [4.69, 9.17) is 0 Å². The maximum absolute atomic E-state index is 13.3. The lowest BCUT2D eigenvalue weighted by Crippen LogP contribution is -2.42. The summed E-state index contributed by atoms with van der Waals surface area (Å²) >= 11 is 0. The van der Waals surface area contributed by atoms with E-state index >= 15 is 0 Å². The van der Waals surface area contributed by atoms with Crippen LogP contribution < -0.4 is 5.32 Å². The Labute approximate surface area is 124 Å². The summed E-state index contributed by atoms with van der Waals surface area (Å²) in [7, 11) is 0. The van der Waals surface area contributed by atoms with Gasteiger partial charge in [0.15, 0.2) is 0 Å². The number of nitrogens with one attached hydrogen (secondary N) is 1. The SMILES string of the molecule is CC(CNCc1cc(F)cc([N+](=O)[O-])c1)N1CCCCC1. The normalized spacial score (nSPS) is 17.6. The zero-order chi connectivity index (χ0) is 15.2. The van der Waals surface area contributed by atoms with Crippen LogP contribution in [0.3, 0.4) is 0 Å². The second kappa shape index (κ2) is 7.47. The predicted molar refractivity (Wildman–Crippen MR) is 79.6 cm³/mol. The smallest absolute Gasteiger partial charge is 0.272 e. The summed E-state index contributed by atoms with van der Waals surface area (Å²) in [6.07, 6.45) is 3.81. The van der Waals surface area contributed by atoms with Crippen LogP contribution in [-0.4, -0.2) is 35.5 Å². The van der Waals surface area contributed by atoms with Gasteiger partial charge in [-0.25, -0.2) is 4.39 Å². The molecule has 0 aromatic heterocycles. The van der Waals surface area contributed by atoms with Crippen LogP contribution in [0, 0.1) is 15.9 Å². The minimum absolute atomic E-state index is 0.198. The number of halogens is 1. The lowest BCUT2D eigenvalue weighted by Gasteiger charge is -2.32. The van der Waals surface area contributed by atoms with Gasteiger partial charge in [0.25, 0.3) is 5.69 Å². The fourth-order valence-electron chi connectivity index (χ4n) is 2.75. The molecule has 116 valence electrons. The summed E-state index contributed by atoms with van der Waals surface area (Å²) in [5.74, 6) is -0.565. The van der Waals surface area contributed by atoms with Gasteiger partial charge in [0.05, 0.1) is 11.0 Å². The second-order valence-corrected chi connectivity index (χ2v) is 5.65.